The van der Waals surface area contributed by atoms with E-state index in [0.717, 1.165) is 30.9 Å². The van der Waals surface area contributed by atoms with Crippen molar-refractivity contribution in [3.63, 3.8) is 0 Å². The quantitative estimate of drug-likeness (QED) is 0.745. The van der Waals surface area contributed by atoms with Gasteiger partial charge in [0, 0.05) is 24.3 Å². The Kier molecular flexibility index (Phi) is 4.53. The minimum absolute atomic E-state index is 0.213. The van der Waals surface area contributed by atoms with E-state index in [1.54, 1.807) is 6.07 Å². The lowest BCUT2D eigenvalue weighted by Gasteiger charge is -2.12. The van der Waals surface area contributed by atoms with Gasteiger partial charge in [-0.15, -0.1) is 0 Å². The Morgan fingerprint density at radius 1 is 0.857 bits per heavy atom. The van der Waals surface area contributed by atoms with E-state index in [9.17, 15) is 25.3 Å². The van der Waals surface area contributed by atoms with Gasteiger partial charge in [-0.05, 0) is 12.1 Å². The topological polar surface area (TPSA) is 126 Å². The smallest absolute Gasteiger partial charge is 0.175 e. The fraction of sp³-hybridized carbons (Fsp3) is 0.364. The van der Waals surface area contributed by atoms with E-state index in [2.05, 4.69) is 0 Å². The highest BCUT2D eigenvalue weighted by atomic mass is 32.2. The number of sulfone groups is 3. The Balaban J connectivity index is 4.09. The van der Waals surface area contributed by atoms with Gasteiger partial charge < -0.3 is 0 Å². The molecule has 0 spiro atoms. The van der Waals surface area contributed by atoms with Crippen LogP contribution in [-0.2, 0) is 35.9 Å². The van der Waals surface area contributed by atoms with Crippen LogP contribution in [0.4, 0.5) is 0 Å². The van der Waals surface area contributed by atoms with Crippen LogP contribution in [-0.4, -0.2) is 44.0 Å². The summed E-state index contributed by atoms with van der Waals surface area (Å²) in [4.78, 5) is -1.36. The Labute approximate surface area is 124 Å². The van der Waals surface area contributed by atoms with Crippen LogP contribution in [0, 0.1) is 11.3 Å². The maximum absolute atomic E-state index is 11.8. The first kappa shape index (κ1) is 17.6. The highest BCUT2D eigenvalue weighted by Gasteiger charge is 2.25. The molecule has 0 aromatic heterocycles. The minimum Gasteiger partial charge on any atom is -0.224 e. The van der Waals surface area contributed by atoms with Crippen molar-refractivity contribution in [3.05, 3.63) is 17.7 Å². The van der Waals surface area contributed by atoms with Gasteiger partial charge >= 0.3 is 0 Å². The molecular weight excluding hydrogens is 338 g/mol. The zero-order valence-corrected chi connectivity index (χ0v) is 13.9. The number of rotatable bonds is 4. The highest BCUT2D eigenvalue weighted by Crippen LogP contribution is 2.28. The van der Waals surface area contributed by atoms with E-state index >= 15 is 0 Å². The fourth-order valence-electron chi connectivity index (χ4n) is 1.72. The van der Waals surface area contributed by atoms with Crippen molar-refractivity contribution in [3.8, 4) is 6.07 Å². The predicted octanol–water partition coefficient (Wildman–Crippen LogP) is -0.0368. The highest BCUT2D eigenvalue weighted by molar-refractivity contribution is 7.92. The summed E-state index contributed by atoms with van der Waals surface area (Å²) < 4.78 is 70.4. The monoisotopic (exact) mass is 351 g/mol. The van der Waals surface area contributed by atoms with Crippen LogP contribution in [0.15, 0.2) is 26.8 Å². The molecule has 1 aromatic carbocycles. The van der Waals surface area contributed by atoms with Gasteiger partial charge in [0.1, 0.15) is 0 Å². The summed E-state index contributed by atoms with van der Waals surface area (Å²) in [5, 5.41) is 8.77. The SMILES string of the molecule is CS(=O)(=O)c1cc(S(C)(=O)=O)c(CC#N)c(S(C)(=O)=O)c1. The van der Waals surface area contributed by atoms with Crippen molar-refractivity contribution in [1.82, 2.24) is 0 Å². The van der Waals surface area contributed by atoms with Crippen molar-refractivity contribution < 1.29 is 25.3 Å². The van der Waals surface area contributed by atoms with Crippen molar-refractivity contribution in [2.75, 3.05) is 18.8 Å². The standard InChI is InChI=1S/C11H13NO6S3/c1-19(13,14)8-6-10(20(2,15)16)9(4-5-12)11(7-8)21(3,17)18/h6-7H,4H2,1-3H3. The summed E-state index contributed by atoms with van der Waals surface area (Å²) in [6.07, 6.45) is 2.02. The molecule has 116 valence electrons. The van der Waals surface area contributed by atoms with Gasteiger partial charge in [0.15, 0.2) is 29.5 Å². The molecular formula is C11H13NO6S3. The zero-order chi connectivity index (χ0) is 16.6. The summed E-state index contributed by atoms with van der Waals surface area (Å²) >= 11 is 0. The van der Waals surface area contributed by atoms with Gasteiger partial charge in [0.05, 0.1) is 27.2 Å². The molecule has 0 aliphatic heterocycles. The molecule has 7 nitrogen and oxygen atoms in total. The molecule has 0 amide bonds. The second kappa shape index (κ2) is 5.40. The largest absolute Gasteiger partial charge is 0.224 e. The average molecular weight is 351 g/mol. The molecule has 0 radical (unpaired) electrons. The van der Waals surface area contributed by atoms with E-state index in [1.165, 1.54) is 0 Å². The Morgan fingerprint density at radius 3 is 1.48 bits per heavy atom. The first-order chi connectivity index (χ1) is 9.28. The maximum atomic E-state index is 11.8. The predicted molar refractivity (Wildman–Crippen MR) is 75.1 cm³/mol. The van der Waals surface area contributed by atoms with Crippen LogP contribution in [0.3, 0.4) is 0 Å². The van der Waals surface area contributed by atoms with E-state index in [0.29, 0.717) is 0 Å². The van der Waals surface area contributed by atoms with Gasteiger partial charge in [-0.25, -0.2) is 25.3 Å². The van der Waals surface area contributed by atoms with Crippen LogP contribution in [0.1, 0.15) is 5.56 Å². The lowest BCUT2D eigenvalue weighted by molar-refractivity contribution is 0.596. The molecule has 0 saturated carbocycles. The summed E-state index contributed by atoms with van der Waals surface area (Å²) in [7, 11) is -11.6. The number of nitriles is 1. The van der Waals surface area contributed by atoms with Crippen LogP contribution < -0.4 is 0 Å². The van der Waals surface area contributed by atoms with E-state index in [4.69, 9.17) is 5.26 Å². The van der Waals surface area contributed by atoms with Crippen molar-refractivity contribution in [2.24, 2.45) is 0 Å². The van der Waals surface area contributed by atoms with Crippen molar-refractivity contribution in [1.29, 1.82) is 5.26 Å². The Morgan fingerprint density at radius 2 is 1.24 bits per heavy atom. The molecule has 0 bridgehead atoms. The third-order valence-electron chi connectivity index (χ3n) is 2.62. The van der Waals surface area contributed by atoms with Crippen LogP contribution >= 0.6 is 0 Å². The number of hydrogen-bond donors (Lipinski definition) is 0. The van der Waals surface area contributed by atoms with Gasteiger partial charge in [0.25, 0.3) is 0 Å². The normalized spacial score (nSPS) is 12.9. The minimum atomic E-state index is -3.90. The van der Waals surface area contributed by atoms with E-state index < -0.39 is 50.6 Å². The molecule has 0 saturated heterocycles. The Hall–Kier alpha value is -1.44. The second-order valence-electron chi connectivity index (χ2n) is 4.55. The summed E-state index contributed by atoms with van der Waals surface area (Å²) in [6, 6.07) is 3.45. The van der Waals surface area contributed by atoms with Crippen LogP contribution in [0.5, 0.6) is 0 Å². The number of hydrogen-bond acceptors (Lipinski definition) is 7. The fourth-order valence-corrected chi connectivity index (χ4v) is 4.54. The lowest BCUT2D eigenvalue weighted by atomic mass is 10.2. The summed E-state index contributed by atoms with van der Waals surface area (Å²) in [5.41, 5.74) is -0.213. The zero-order valence-electron chi connectivity index (χ0n) is 11.5. The van der Waals surface area contributed by atoms with Gasteiger partial charge in [-0.2, -0.15) is 5.26 Å². The van der Waals surface area contributed by atoms with E-state index in [1.807, 2.05) is 0 Å². The molecule has 10 heteroatoms. The third-order valence-corrected chi connectivity index (χ3v) is 6.04. The lowest BCUT2D eigenvalue weighted by Crippen LogP contribution is -2.12. The summed E-state index contributed by atoms with van der Waals surface area (Å²) in [5.74, 6) is 0. The summed E-state index contributed by atoms with van der Waals surface area (Å²) in [6.45, 7) is 0. The second-order valence-corrected chi connectivity index (χ2v) is 10.5. The van der Waals surface area contributed by atoms with E-state index in [-0.39, 0.29) is 5.56 Å². The van der Waals surface area contributed by atoms with Gasteiger partial charge in [-0.1, -0.05) is 0 Å². The van der Waals surface area contributed by atoms with Crippen LogP contribution in [0.2, 0.25) is 0 Å². The first-order valence-corrected chi connectivity index (χ1v) is 11.1. The molecule has 0 fully saturated rings. The molecule has 1 aromatic rings. The maximum Gasteiger partial charge on any atom is 0.175 e. The molecule has 0 N–H and O–H groups in total. The first-order valence-electron chi connectivity index (χ1n) is 5.42. The molecule has 0 aliphatic rings. The molecule has 0 heterocycles. The molecule has 0 unspecified atom stereocenters. The number of nitrogens with zero attached hydrogens (tertiary/aromatic N) is 1. The van der Waals surface area contributed by atoms with Gasteiger partial charge in [0.2, 0.25) is 0 Å². The van der Waals surface area contributed by atoms with Crippen molar-refractivity contribution >= 4 is 29.5 Å². The average Bonchev–Trinajstić information content (AvgIpc) is 2.24. The molecule has 0 atom stereocenters. The van der Waals surface area contributed by atoms with Gasteiger partial charge in [-0.3, -0.25) is 0 Å². The Bertz CT molecular complexity index is 881. The van der Waals surface area contributed by atoms with Crippen molar-refractivity contribution in [2.45, 2.75) is 21.1 Å². The molecule has 0 aliphatic carbocycles. The third kappa shape index (κ3) is 4.03. The number of benzene rings is 1. The van der Waals surface area contributed by atoms with Crippen LogP contribution in [0.25, 0.3) is 0 Å². The molecule has 21 heavy (non-hydrogen) atoms. The molecule has 1 rings (SSSR count).